The lowest BCUT2D eigenvalue weighted by atomic mass is 9.91. The number of nitrogens with zero attached hydrogens (tertiary/aromatic N) is 1. The molecule has 1 aromatic heterocycles. The van der Waals surface area contributed by atoms with E-state index in [0.717, 1.165) is 12.3 Å². The molecule has 2 rings (SSSR count). The minimum absolute atomic E-state index is 0.0697. The Labute approximate surface area is 118 Å². The molecule has 0 spiro atoms. The van der Waals surface area contributed by atoms with Gasteiger partial charge in [0.05, 0.1) is 0 Å². The van der Waals surface area contributed by atoms with Crippen LogP contribution in [-0.2, 0) is 4.79 Å². The Hall–Kier alpha value is -0.480. The molecule has 1 saturated heterocycles. The molecule has 2 heterocycles. The Kier molecular flexibility index (Phi) is 4.07. The molecule has 1 aromatic rings. The molecule has 1 atom stereocenters. The first-order valence-electron chi connectivity index (χ1n) is 6.34. The van der Waals surface area contributed by atoms with E-state index in [1.807, 2.05) is 23.1 Å². The summed E-state index contributed by atoms with van der Waals surface area (Å²) < 4.78 is 0. The molecule has 1 amide bonds. The lowest BCUT2D eigenvalue weighted by Gasteiger charge is -2.26. The van der Waals surface area contributed by atoms with E-state index in [0.29, 0.717) is 12.3 Å². The second kappa shape index (κ2) is 5.25. The number of aryl methyl sites for hydroxylation is 1. The molecule has 1 aliphatic rings. The Bertz CT molecular complexity index is 433. The molecule has 0 aromatic carbocycles. The molecule has 0 N–H and O–H groups in total. The molecule has 1 aliphatic heterocycles. The standard InChI is InChI=1S/C14H21NOS2/c1-10-5-6-11(18-10)13-15(7-8-17-13)12(16)9-14(2,3)4/h5-6,13H,7-9H2,1-4H3/t13-/m1/s1. The highest BCUT2D eigenvalue weighted by molar-refractivity contribution is 7.99. The molecule has 4 heteroatoms. The molecule has 100 valence electrons. The molecule has 2 nitrogen and oxygen atoms in total. The van der Waals surface area contributed by atoms with Crippen molar-refractivity contribution in [2.45, 2.75) is 39.5 Å². The van der Waals surface area contributed by atoms with Crippen LogP contribution in [0.2, 0.25) is 0 Å². The average Bonchev–Trinajstić information content (AvgIpc) is 2.81. The fraction of sp³-hybridized carbons (Fsp3) is 0.643. The third-order valence-electron chi connectivity index (χ3n) is 2.90. The predicted octanol–water partition coefficient (Wildman–Crippen LogP) is 4.07. The van der Waals surface area contributed by atoms with E-state index in [4.69, 9.17) is 0 Å². The summed E-state index contributed by atoms with van der Waals surface area (Å²) in [7, 11) is 0. The lowest BCUT2D eigenvalue weighted by molar-refractivity contribution is -0.133. The number of thioether (sulfide) groups is 1. The van der Waals surface area contributed by atoms with Gasteiger partial charge in [0.15, 0.2) is 0 Å². The van der Waals surface area contributed by atoms with Crippen LogP contribution in [0.4, 0.5) is 0 Å². The van der Waals surface area contributed by atoms with Crippen molar-refractivity contribution in [1.29, 1.82) is 0 Å². The van der Waals surface area contributed by atoms with Crippen molar-refractivity contribution in [1.82, 2.24) is 4.90 Å². The summed E-state index contributed by atoms with van der Waals surface area (Å²) in [5.41, 5.74) is 0.0697. The zero-order valence-corrected chi connectivity index (χ0v) is 13.2. The van der Waals surface area contributed by atoms with Crippen LogP contribution in [0.25, 0.3) is 0 Å². The van der Waals surface area contributed by atoms with Crippen LogP contribution in [0.1, 0.15) is 42.3 Å². The third kappa shape index (κ3) is 3.29. The molecule has 0 unspecified atom stereocenters. The average molecular weight is 283 g/mol. The third-order valence-corrected chi connectivity index (χ3v) is 5.34. The zero-order chi connectivity index (χ0) is 13.3. The van der Waals surface area contributed by atoms with E-state index in [-0.39, 0.29) is 10.8 Å². The number of carbonyl (C=O) groups is 1. The van der Waals surface area contributed by atoms with Gasteiger partial charge in [0, 0.05) is 28.5 Å². The summed E-state index contributed by atoms with van der Waals surface area (Å²) in [6, 6.07) is 4.31. The molecule has 1 fully saturated rings. The Morgan fingerprint density at radius 3 is 2.72 bits per heavy atom. The van der Waals surface area contributed by atoms with Crippen molar-refractivity contribution in [3.8, 4) is 0 Å². The molecular formula is C14H21NOS2. The monoisotopic (exact) mass is 283 g/mol. The van der Waals surface area contributed by atoms with Crippen molar-refractivity contribution in [2.75, 3.05) is 12.3 Å². The normalized spacial score (nSPS) is 20.4. The SMILES string of the molecule is Cc1ccc([C@H]2SCCN2C(=O)CC(C)(C)C)s1. The molecule has 0 radical (unpaired) electrons. The zero-order valence-electron chi connectivity index (χ0n) is 11.5. The summed E-state index contributed by atoms with van der Waals surface area (Å²) in [6.45, 7) is 9.38. The van der Waals surface area contributed by atoms with E-state index < -0.39 is 0 Å². The second-order valence-electron chi connectivity index (χ2n) is 6.00. The predicted molar refractivity (Wildman–Crippen MR) is 80.0 cm³/mol. The fourth-order valence-electron chi connectivity index (χ4n) is 2.10. The van der Waals surface area contributed by atoms with Crippen molar-refractivity contribution >= 4 is 29.0 Å². The van der Waals surface area contributed by atoms with Gasteiger partial charge in [-0.15, -0.1) is 23.1 Å². The van der Waals surface area contributed by atoms with Crippen molar-refractivity contribution in [2.24, 2.45) is 5.41 Å². The van der Waals surface area contributed by atoms with E-state index in [9.17, 15) is 4.79 Å². The van der Waals surface area contributed by atoms with E-state index in [2.05, 4.69) is 44.7 Å². The summed E-state index contributed by atoms with van der Waals surface area (Å²) >= 11 is 3.70. The van der Waals surface area contributed by atoms with E-state index in [1.54, 1.807) is 0 Å². The molecule has 0 aliphatic carbocycles. The number of rotatable bonds is 2. The molecule has 18 heavy (non-hydrogen) atoms. The largest absolute Gasteiger partial charge is 0.325 e. The van der Waals surface area contributed by atoms with Gasteiger partial charge in [-0.2, -0.15) is 0 Å². The topological polar surface area (TPSA) is 20.3 Å². The first-order valence-corrected chi connectivity index (χ1v) is 8.21. The first kappa shape index (κ1) is 13.9. The number of hydrogen-bond acceptors (Lipinski definition) is 3. The highest BCUT2D eigenvalue weighted by Gasteiger charge is 2.32. The van der Waals surface area contributed by atoms with Crippen LogP contribution in [0.15, 0.2) is 12.1 Å². The summed E-state index contributed by atoms with van der Waals surface area (Å²) in [6.07, 6.45) is 0.633. The number of carbonyl (C=O) groups excluding carboxylic acids is 1. The van der Waals surface area contributed by atoms with Gasteiger partial charge in [0.2, 0.25) is 5.91 Å². The Balaban J connectivity index is 2.10. The Morgan fingerprint density at radius 2 is 2.17 bits per heavy atom. The van der Waals surface area contributed by atoms with Gasteiger partial charge >= 0.3 is 0 Å². The molecule has 0 bridgehead atoms. The van der Waals surface area contributed by atoms with Crippen LogP contribution < -0.4 is 0 Å². The van der Waals surface area contributed by atoms with Crippen LogP contribution in [0.5, 0.6) is 0 Å². The maximum absolute atomic E-state index is 12.4. The fourth-order valence-corrected chi connectivity index (χ4v) is 4.49. The highest BCUT2D eigenvalue weighted by Crippen LogP contribution is 2.41. The van der Waals surface area contributed by atoms with E-state index in [1.165, 1.54) is 9.75 Å². The van der Waals surface area contributed by atoms with Gasteiger partial charge in [-0.3, -0.25) is 4.79 Å². The van der Waals surface area contributed by atoms with Crippen LogP contribution in [0, 0.1) is 12.3 Å². The highest BCUT2D eigenvalue weighted by atomic mass is 32.2. The number of thiophene rings is 1. The van der Waals surface area contributed by atoms with Gasteiger partial charge in [0.25, 0.3) is 0 Å². The van der Waals surface area contributed by atoms with Gasteiger partial charge in [-0.25, -0.2) is 0 Å². The summed E-state index contributed by atoms with van der Waals surface area (Å²) in [5, 5.41) is 0.249. The first-order chi connectivity index (χ1) is 8.37. The minimum Gasteiger partial charge on any atom is -0.325 e. The maximum Gasteiger partial charge on any atom is 0.224 e. The van der Waals surface area contributed by atoms with Gasteiger partial charge < -0.3 is 4.90 Å². The van der Waals surface area contributed by atoms with Gasteiger partial charge in [-0.05, 0) is 24.5 Å². The van der Waals surface area contributed by atoms with Gasteiger partial charge in [-0.1, -0.05) is 20.8 Å². The van der Waals surface area contributed by atoms with E-state index >= 15 is 0 Å². The number of hydrogen-bond donors (Lipinski definition) is 0. The molecule has 0 saturated carbocycles. The molecular weight excluding hydrogens is 262 g/mol. The maximum atomic E-state index is 12.4. The van der Waals surface area contributed by atoms with Gasteiger partial charge in [0.1, 0.15) is 5.37 Å². The summed E-state index contributed by atoms with van der Waals surface area (Å²) in [4.78, 5) is 17.1. The Morgan fingerprint density at radius 1 is 1.44 bits per heavy atom. The summed E-state index contributed by atoms with van der Waals surface area (Å²) in [5.74, 6) is 1.35. The smallest absolute Gasteiger partial charge is 0.224 e. The van der Waals surface area contributed by atoms with Crippen molar-refractivity contribution in [3.05, 3.63) is 21.9 Å². The van der Waals surface area contributed by atoms with Crippen molar-refractivity contribution in [3.63, 3.8) is 0 Å². The second-order valence-corrected chi connectivity index (χ2v) is 8.50. The van der Waals surface area contributed by atoms with Crippen molar-refractivity contribution < 1.29 is 4.79 Å². The lowest BCUT2D eigenvalue weighted by Crippen LogP contribution is -2.32. The minimum atomic E-state index is 0.0697. The van der Waals surface area contributed by atoms with Crippen LogP contribution in [-0.4, -0.2) is 23.1 Å². The van der Waals surface area contributed by atoms with Crippen LogP contribution >= 0.6 is 23.1 Å². The quantitative estimate of drug-likeness (QED) is 0.815. The van der Waals surface area contributed by atoms with Crippen LogP contribution in [0.3, 0.4) is 0 Å². The number of amides is 1.